The highest BCUT2D eigenvalue weighted by Gasteiger charge is 1.97. The first kappa shape index (κ1) is 22.3. The first-order valence-electron chi connectivity index (χ1n) is 6.22. The number of primary amides is 1. The predicted molar refractivity (Wildman–Crippen MR) is 75.1 cm³/mol. The van der Waals surface area contributed by atoms with Crippen molar-refractivity contribution in [2.75, 3.05) is 13.1 Å². The second-order valence-corrected chi connectivity index (χ2v) is 3.38. The van der Waals surface area contributed by atoms with Crippen LogP contribution in [0.1, 0.15) is 39.5 Å². The molecule has 0 bridgehead atoms. The Morgan fingerprint density at radius 2 is 1.53 bits per heavy atom. The van der Waals surface area contributed by atoms with Crippen molar-refractivity contribution < 1.29 is 19.1 Å². The molecule has 0 aromatic carbocycles. The lowest BCUT2D eigenvalue weighted by molar-refractivity contribution is -0.123. The summed E-state index contributed by atoms with van der Waals surface area (Å²) in [5, 5.41) is 0. The van der Waals surface area contributed by atoms with Crippen LogP contribution in [0, 0.1) is 0 Å². The second-order valence-electron chi connectivity index (χ2n) is 3.38. The van der Waals surface area contributed by atoms with Crippen molar-refractivity contribution in [2.45, 2.75) is 39.5 Å². The minimum absolute atomic E-state index is 0.250. The third-order valence-corrected chi connectivity index (χ3v) is 1.90. The fourth-order valence-corrected chi connectivity index (χ4v) is 0.979. The van der Waals surface area contributed by atoms with Crippen LogP contribution < -0.4 is 5.73 Å². The normalized spacial score (nSPS) is 7.68. The van der Waals surface area contributed by atoms with E-state index in [0.29, 0.717) is 6.47 Å². The molecule has 0 atom stereocenters. The first-order chi connectivity index (χ1) is 9.17. The molecule has 6 heteroatoms. The molecule has 0 spiro atoms. The fraction of sp³-hybridized carbons (Fsp3) is 0.615. The number of carbonyl (C=O) groups is 3. The Bertz CT molecular complexity index is 197. The highest BCUT2D eigenvalue weighted by atomic mass is 16.5. The Balaban J connectivity index is -0.000000266. The van der Waals surface area contributed by atoms with Crippen molar-refractivity contribution in [1.29, 1.82) is 0 Å². The molecule has 0 saturated carbocycles. The number of ether oxygens (including phenoxy) is 1. The number of hydrogen-bond acceptors (Lipinski definition) is 4. The molecular formula is C13H26N2O4. The van der Waals surface area contributed by atoms with Crippen LogP contribution in [0.5, 0.6) is 0 Å². The van der Waals surface area contributed by atoms with Gasteiger partial charge < -0.3 is 15.4 Å². The van der Waals surface area contributed by atoms with Gasteiger partial charge in [0.25, 0.3) is 6.47 Å². The van der Waals surface area contributed by atoms with Crippen LogP contribution in [0.15, 0.2) is 12.8 Å². The van der Waals surface area contributed by atoms with E-state index in [1.165, 1.54) is 0 Å². The summed E-state index contributed by atoms with van der Waals surface area (Å²) in [5.74, 6) is 0. The second kappa shape index (κ2) is 25.1. The number of carbonyl (C=O) groups excluding carboxylic acids is 3. The number of unbranched alkanes of at least 4 members (excludes halogenated alkanes) is 2. The van der Waals surface area contributed by atoms with Gasteiger partial charge in [-0.05, 0) is 12.8 Å². The van der Waals surface area contributed by atoms with Gasteiger partial charge in [-0.15, -0.1) is 0 Å². The molecule has 0 heterocycles. The van der Waals surface area contributed by atoms with Gasteiger partial charge in [0.1, 0.15) is 0 Å². The molecule has 0 aliphatic rings. The lowest BCUT2D eigenvalue weighted by Crippen LogP contribution is -2.24. The number of nitrogens with zero attached hydrogens (tertiary/aromatic N) is 1. The number of amides is 2. The molecule has 0 radical (unpaired) electrons. The maximum Gasteiger partial charge on any atom is 0.297 e. The van der Waals surface area contributed by atoms with Gasteiger partial charge in [-0.1, -0.05) is 33.3 Å². The van der Waals surface area contributed by atoms with Crippen LogP contribution >= 0.6 is 0 Å². The predicted octanol–water partition coefficient (Wildman–Crippen LogP) is 1.45. The Morgan fingerprint density at radius 3 is 1.68 bits per heavy atom. The van der Waals surface area contributed by atoms with E-state index in [1.54, 1.807) is 0 Å². The Morgan fingerprint density at radius 1 is 1.11 bits per heavy atom. The molecule has 0 fully saturated rings. The van der Waals surface area contributed by atoms with E-state index in [2.05, 4.69) is 30.9 Å². The molecule has 19 heavy (non-hydrogen) atoms. The quantitative estimate of drug-likeness (QED) is 0.509. The van der Waals surface area contributed by atoms with Gasteiger partial charge in [-0.2, -0.15) is 0 Å². The maximum atomic E-state index is 10.4. The summed E-state index contributed by atoms with van der Waals surface area (Å²) in [4.78, 5) is 30.0. The van der Waals surface area contributed by atoms with E-state index < -0.39 is 0 Å². The van der Waals surface area contributed by atoms with Crippen molar-refractivity contribution in [3.8, 4) is 0 Å². The van der Waals surface area contributed by atoms with Crippen molar-refractivity contribution in [3.05, 3.63) is 12.8 Å². The summed E-state index contributed by atoms with van der Waals surface area (Å²) in [6, 6.07) is 0. The van der Waals surface area contributed by atoms with E-state index in [9.17, 15) is 4.79 Å². The molecule has 6 nitrogen and oxygen atoms in total. The van der Waals surface area contributed by atoms with Gasteiger partial charge >= 0.3 is 0 Å². The topological polar surface area (TPSA) is 89.7 Å². The van der Waals surface area contributed by atoms with Crippen LogP contribution in [0.4, 0.5) is 0 Å². The smallest absolute Gasteiger partial charge is 0.297 e. The molecule has 0 aromatic rings. The van der Waals surface area contributed by atoms with Gasteiger partial charge in [-0.3, -0.25) is 14.4 Å². The van der Waals surface area contributed by atoms with E-state index in [0.717, 1.165) is 51.4 Å². The first-order valence-corrected chi connectivity index (χ1v) is 6.22. The third kappa shape index (κ3) is 31.4. The SMILES string of the molecule is C=COC=O.CCCCN(C=O)CCCC.NC=O. The highest BCUT2D eigenvalue weighted by Crippen LogP contribution is 1.95. The van der Waals surface area contributed by atoms with Crippen LogP contribution in [0.3, 0.4) is 0 Å². The number of rotatable bonds is 9. The Hall–Kier alpha value is -1.85. The molecular weight excluding hydrogens is 248 g/mol. The van der Waals surface area contributed by atoms with Crippen molar-refractivity contribution in [1.82, 2.24) is 4.90 Å². The van der Waals surface area contributed by atoms with Crippen molar-refractivity contribution in [3.63, 3.8) is 0 Å². The van der Waals surface area contributed by atoms with Crippen molar-refractivity contribution >= 4 is 19.3 Å². The molecule has 0 aliphatic heterocycles. The van der Waals surface area contributed by atoms with Crippen LogP contribution in [0.2, 0.25) is 0 Å². The van der Waals surface area contributed by atoms with Crippen LogP contribution in [0.25, 0.3) is 0 Å². The Kier molecular flexibility index (Phi) is 29.5. The molecule has 2 N–H and O–H groups in total. The summed E-state index contributed by atoms with van der Waals surface area (Å²) in [6.45, 7) is 9.55. The lowest BCUT2D eigenvalue weighted by atomic mass is 10.3. The van der Waals surface area contributed by atoms with E-state index in [1.807, 2.05) is 4.90 Å². The minimum Gasteiger partial charge on any atom is -0.437 e. The summed E-state index contributed by atoms with van der Waals surface area (Å²) < 4.78 is 3.92. The van der Waals surface area contributed by atoms with Gasteiger partial charge in [0.15, 0.2) is 0 Å². The third-order valence-electron chi connectivity index (χ3n) is 1.90. The summed E-state index contributed by atoms with van der Waals surface area (Å²) in [6.07, 6.45) is 6.86. The largest absolute Gasteiger partial charge is 0.437 e. The number of nitrogens with two attached hydrogens (primary N) is 1. The lowest BCUT2D eigenvalue weighted by Gasteiger charge is -2.15. The summed E-state index contributed by atoms with van der Waals surface area (Å²) >= 11 is 0. The van der Waals surface area contributed by atoms with Crippen molar-refractivity contribution in [2.24, 2.45) is 5.73 Å². The minimum atomic E-state index is 0.250. The zero-order chi connectivity index (χ0) is 15.4. The molecule has 0 unspecified atom stereocenters. The summed E-state index contributed by atoms with van der Waals surface area (Å²) in [5.41, 5.74) is 4.17. The molecule has 2 amide bonds. The average molecular weight is 274 g/mol. The Labute approximate surface area is 115 Å². The molecule has 0 saturated heterocycles. The maximum absolute atomic E-state index is 10.4. The highest BCUT2D eigenvalue weighted by molar-refractivity contribution is 5.46. The zero-order valence-corrected chi connectivity index (χ0v) is 11.9. The standard InChI is InChI=1S/C9H19NO.C3H4O2.CH3NO/c1-3-5-7-10(9-11)8-6-4-2;1-2-5-3-4;2-1-3/h9H,3-8H2,1-2H3;2-3H,1H2;1H,(H2,2,3). The fourth-order valence-electron chi connectivity index (χ4n) is 0.979. The molecule has 0 aliphatic carbocycles. The van der Waals surface area contributed by atoms with E-state index in [4.69, 9.17) is 9.59 Å². The molecule has 0 rings (SSSR count). The van der Waals surface area contributed by atoms with Gasteiger partial charge in [-0.25, -0.2) is 0 Å². The van der Waals surface area contributed by atoms with E-state index in [-0.39, 0.29) is 6.41 Å². The van der Waals surface area contributed by atoms with E-state index >= 15 is 0 Å². The van der Waals surface area contributed by atoms with Gasteiger partial charge in [0.05, 0.1) is 6.26 Å². The summed E-state index contributed by atoms with van der Waals surface area (Å²) in [7, 11) is 0. The molecule has 112 valence electrons. The van der Waals surface area contributed by atoms with Crippen LogP contribution in [-0.4, -0.2) is 37.3 Å². The number of hydrogen-bond donors (Lipinski definition) is 1. The van der Waals surface area contributed by atoms with Gasteiger partial charge in [0, 0.05) is 13.1 Å². The molecule has 0 aromatic heterocycles. The zero-order valence-electron chi connectivity index (χ0n) is 11.9. The monoisotopic (exact) mass is 274 g/mol. The van der Waals surface area contributed by atoms with Gasteiger partial charge in [0.2, 0.25) is 12.8 Å². The average Bonchev–Trinajstić information content (AvgIpc) is 2.42. The van der Waals surface area contributed by atoms with Crippen LogP contribution in [-0.2, 0) is 19.1 Å².